The maximum atomic E-state index is 12.7. The Morgan fingerprint density at radius 2 is 1.19 bits per heavy atom. The van der Waals surface area contributed by atoms with Crippen LogP contribution in [0.1, 0.15) is 39.5 Å². The minimum absolute atomic E-state index is 0.0421. The van der Waals surface area contributed by atoms with Gasteiger partial charge in [0.1, 0.15) is 0 Å². The minimum Gasteiger partial charge on any atom is -0.297 e. The van der Waals surface area contributed by atoms with Crippen molar-refractivity contribution < 1.29 is 21.6 Å². The Morgan fingerprint density at radius 3 is 1.46 bits per heavy atom. The van der Waals surface area contributed by atoms with Gasteiger partial charge in [-0.2, -0.15) is 0 Å². The van der Waals surface area contributed by atoms with Gasteiger partial charge in [0.2, 0.25) is 0 Å². The predicted molar refractivity (Wildman–Crippen MR) is 103 cm³/mol. The van der Waals surface area contributed by atoms with Crippen molar-refractivity contribution in [3.63, 3.8) is 0 Å². The van der Waals surface area contributed by atoms with E-state index < -0.39 is 19.7 Å². The van der Waals surface area contributed by atoms with Crippen LogP contribution in [0.5, 0.6) is 0 Å². The van der Waals surface area contributed by atoms with Gasteiger partial charge in [-0.15, -0.1) is 0 Å². The maximum absolute atomic E-state index is 12.7. The number of hydrogen-bond donors (Lipinski definition) is 0. The standard InChI is InChI=1S/C17H32N2O5S2/c1-3-7-18(15-5-9-25(21,22)13-15)11-17(20)12-19(8-4-2)16-6-10-26(23,24)14-16/h15-16H,3-14H2,1-2H3/t15-,16+. The fraction of sp³-hybridized carbons (Fsp3) is 0.941. The van der Waals surface area contributed by atoms with Crippen LogP contribution >= 0.6 is 0 Å². The summed E-state index contributed by atoms with van der Waals surface area (Å²) < 4.78 is 47.0. The van der Waals surface area contributed by atoms with Gasteiger partial charge >= 0.3 is 0 Å². The SMILES string of the molecule is CCCN(CC(=O)CN(CCC)[C@H]1CCS(=O)(=O)C1)[C@@H]1CCS(=O)(=O)C1. The average Bonchev–Trinajstić information content (AvgIpc) is 3.08. The molecule has 26 heavy (non-hydrogen) atoms. The molecule has 2 aliphatic heterocycles. The van der Waals surface area contributed by atoms with Crippen LogP contribution in [0.2, 0.25) is 0 Å². The van der Waals surface area contributed by atoms with E-state index in [0.29, 0.717) is 25.9 Å². The largest absolute Gasteiger partial charge is 0.297 e. The number of Topliss-reactive ketones (excluding diaryl/α,β-unsaturated/α-hetero) is 1. The van der Waals surface area contributed by atoms with E-state index in [0.717, 1.165) is 12.8 Å². The van der Waals surface area contributed by atoms with Crippen molar-refractivity contribution in [2.45, 2.75) is 51.6 Å². The predicted octanol–water partition coefficient (Wildman–Crippen LogP) is 0.354. The zero-order valence-electron chi connectivity index (χ0n) is 15.9. The van der Waals surface area contributed by atoms with E-state index in [1.807, 2.05) is 23.6 Å². The smallest absolute Gasteiger partial charge is 0.160 e. The number of carbonyl (C=O) groups excluding carboxylic acids is 1. The lowest BCUT2D eigenvalue weighted by Crippen LogP contribution is -2.46. The van der Waals surface area contributed by atoms with Crippen LogP contribution in [-0.4, -0.2) is 93.7 Å². The monoisotopic (exact) mass is 408 g/mol. The number of ketones is 1. The van der Waals surface area contributed by atoms with Gasteiger partial charge in [0, 0.05) is 12.1 Å². The van der Waals surface area contributed by atoms with E-state index in [4.69, 9.17) is 0 Å². The summed E-state index contributed by atoms with van der Waals surface area (Å²) in [6, 6.07) is -0.147. The first-order valence-corrected chi connectivity index (χ1v) is 13.2. The third-order valence-corrected chi connectivity index (χ3v) is 8.73. The third kappa shape index (κ3) is 6.28. The highest BCUT2D eigenvalue weighted by molar-refractivity contribution is 7.91. The summed E-state index contributed by atoms with van der Waals surface area (Å²) in [5, 5.41) is 0. The highest BCUT2D eigenvalue weighted by atomic mass is 32.2. The Bertz CT molecular complexity index is 632. The first-order valence-electron chi connectivity index (χ1n) is 9.56. The molecule has 2 rings (SSSR count). The van der Waals surface area contributed by atoms with Crippen LogP contribution in [-0.2, 0) is 24.5 Å². The Morgan fingerprint density at radius 1 is 0.808 bits per heavy atom. The Kier molecular flexibility index (Phi) is 7.64. The second kappa shape index (κ2) is 9.12. The lowest BCUT2D eigenvalue weighted by molar-refractivity contribution is -0.122. The second-order valence-corrected chi connectivity index (χ2v) is 12.1. The van der Waals surface area contributed by atoms with Crippen molar-refractivity contribution in [3.05, 3.63) is 0 Å². The number of nitrogens with zero attached hydrogens (tertiary/aromatic N) is 2. The molecule has 0 amide bonds. The van der Waals surface area contributed by atoms with Crippen LogP contribution in [0, 0.1) is 0 Å². The summed E-state index contributed by atoms with van der Waals surface area (Å²) >= 11 is 0. The van der Waals surface area contributed by atoms with Gasteiger partial charge in [0.15, 0.2) is 25.5 Å². The third-order valence-electron chi connectivity index (χ3n) is 5.23. The Labute approximate surface area is 157 Å². The van der Waals surface area contributed by atoms with Crippen molar-refractivity contribution in [2.75, 3.05) is 49.2 Å². The molecule has 0 aromatic carbocycles. The van der Waals surface area contributed by atoms with Crippen molar-refractivity contribution in [1.29, 1.82) is 0 Å². The topological polar surface area (TPSA) is 91.8 Å². The van der Waals surface area contributed by atoms with Gasteiger partial charge in [0.05, 0.1) is 36.1 Å². The molecule has 152 valence electrons. The summed E-state index contributed by atoms with van der Waals surface area (Å²) in [7, 11) is -5.96. The highest BCUT2D eigenvalue weighted by Gasteiger charge is 2.35. The second-order valence-electron chi connectivity index (χ2n) is 7.59. The van der Waals surface area contributed by atoms with Gasteiger partial charge in [-0.25, -0.2) is 16.8 Å². The van der Waals surface area contributed by atoms with E-state index in [2.05, 4.69) is 0 Å². The normalized spacial score (nSPS) is 27.4. The number of hydrogen-bond acceptors (Lipinski definition) is 7. The molecular formula is C17H32N2O5S2. The fourth-order valence-corrected chi connectivity index (χ4v) is 7.51. The molecule has 0 unspecified atom stereocenters. The summed E-state index contributed by atoms with van der Waals surface area (Å²) in [5.41, 5.74) is 0. The minimum atomic E-state index is -2.98. The quantitative estimate of drug-likeness (QED) is 0.515. The molecule has 0 bridgehead atoms. The summed E-state index contributed by atoms with van der Waals surface area (Å²) in [6.07, 6.45) is 2.91. The van der Waals surface area contributed by atoms with Crippen LogP contribution in [0.15, 0.2) is 0 Å². The molecule has 2 fully saturated rings. The van der Waals surface area contributed by atoms with E-state index in [1.165, 1.54) is 0 Å². The summed E-state index contributed by atoms with van der Waals surface area (Å²) in [5.74, 6) is 0.724. The lowest BCUT2D eigenvalue weighted by atomic mass is 10.1. The van der Waals surface area contributed by atoms with Crippen LogP contribution in [0.4, 0.5) is 0 Å². The molecule has 0 spiro atoms. The van der Waals surface area contributed by atoms with Crippen molar-refractivity contribution in [2.24, 2.45) is 0 Å². The zero-order valence-corrected chi connectivity index (χ0v) is 17.5. The molecule has 0 saturated carbocycles. The van der Waals surface area contributed by atoms with Gasteiger partial charge in [-0.05, 0) is 38.8 Å². The highest BCUT2D eigenvalue weighted by Crippen LogP contribution is 2.20. The maximum Gasteiger partial charge on any atom is 0.160 e. The van der Waals surface area contributed by atoms with Gasteiger partial charge in [-0.3, -0.25) is 14.6 Å². The number of sulfone groups is 2. The van der Waals surface area contributed by atoms with E-state index >= 15 is 0 Å². The molecule has 0 radical (unpaired) electrons. The van der Waals surface area contributed by atoms with Gasteiger partial charge in [0.25, 0.3) is 0 Å². The molecule has 0 aromatic heterocycles. The molecule has 0 N–H and O–H groups in total. The lowest BCUT2D eigenvalue weighted by Gasteiger charge is -2.30. The first kappa shape index (κ1) is 21.8. The summed E-state index contributed by atoms with van der Waals surface area (Å²) in [6.45, 7) is 5.94. The molecule has 0 aliphatic carbocycles. The zero-order chi connectivity index (χ0) is 19.4. The van der Waals surface area contributed by atoms with Gasteiger partial charge in [-0.1, -0.05) is 13.8 Å². The average molecular weight is 409 g/mol. The Hall–Kier alpha value is -0.510. The summed E-state index contributed by atoms with van der Waals surface area (Å²) in [4.78, 5) is 16.7. The van der Waals surface area contributed by atoms with E-state index in [1.54, 1.807) is 0 Å². The van der Waals surface area contributed by atoms with E-state index in [9.17, 15) is 21.6 Å². The van der Waals surface area contributed by atoms with E-state index in [-0.39, 0.29) is 54.0 Å². The van der Waals surface area contributed by atoms with Crippen molar-refractivity contribution in [1.82, 2.24) is 9.80 Å². The fourth-order valence-electron chi connectivity index (χ4n) is 3.99. The molecule has 2 atom stereocenters. The molecular weight excluding hydrogens is 376 g/mol. The van der Waals surface area contributed by atoms with Crippen LogP contribution < -0.4 is 0 Å². The molecule has 2 saturated heterocycles. The van der Waals surface area contributed by atoms with Gasteiger partial charge < -0.3 is 0 Å². The molecule has 0 aromatic rings. The van der Waals surface area contributed by atoms with Crippen LogP contribution in [0.3, 0.4) is 0 Å². The molecule has 7 nitrogen and oxygen atoms in total. The molecule has 2 heterocycles. The van der Waals surface area contributed by atoms with Crippen molar-refractivity contribution in [3.8, 4) is 0 Å². The number of rotatable bonds is 10. The Balaban J connectivity index is 1.96. The number of carbonyl (C=O) groups is 1. The molecule has 2 aliphatic rings. The molecule has 9 heteroatoms. The van der Waals surface area contributed by atoms with Crippen molar-refractivity contribution >= 4 is 25.5 Å². The first-order chi connectivity index (χ1) is 12.2. The van der Waals surface area contributed by atoms with Crippen LogP contribution in [0.25, 0.3) is 0 Å².